The molecule has 35 heavy (non-hydrogen) atoms. The van der Waals surface area contributed by atoms with E-state index in [1.807, 2.05) is 59.2 Å². The van der Waals surface area contributed by atoms with Crippen LogP contribution >= 0.6 is 0 Å². The zero-order valence-corrected chi connectivity index (χ0v) is 18.9. The Labute approximate surface area is 200 Å². The van der Waals surface area contributed by atoms with Gasteiger partial charge in [-0.25, -0.2) is 4.79 Å². The van der Waals surface area contributed by atoms with Crippen LogP contribution < -0.4 is 5.32 Å². The van der Waals surface area contributed by atoms with Crippen molar-refractivity contribution in [3.63, 3.8) is 0 Å². The van der Waals surface area contributed by atoms with Gasteiger partial charge in [0.1, 0.15) is 0 Å². The first kappa shape index (κ1) is 22.1. The quantitative estimate of drug-likeness (QED) is 0.344. The number of aromatic nitrogens is 1. The molecule has 0 spiro atoms. The van der Waals surface area contributed by atoms with E-state index in [2.05, 4.69) is 5.32 Å². The summed E-state index contributed by atoms with van der Waals surface area (Å²) in [6.07, 6.45) is 1.73. The van der Waals surface area contributed by atoms with E-state index in [4.69, 9.17) is 4.74 Å². The second-order valence-corrected chi connectivity index (χ2v) is 8.23. The van der Waals surface area contributed by atoms with E-state index in [0.29, 0.717) is 17.8 Å². The van der Waals surface area contributed by atoms with Crippen LogP contribution in [0.3, 0.4) is 0 Å². The average Bonchev–Trinajstić information content (AvgIpc) is 3.34. The summed E-state index contributed by atoms with van der Waals surface area (Å²) in [5, 5.41) is 3.34. The predicted molar refractivity (Wildman–Crippen MR) is 129 cm³/mol. The van der Waals surface area contributed by atoms with Crippen molar-refractivity contribution in [3.8, 4) is 0 Å². The van der Waals surface area contributed by atoms with Gasteiger partial charge in [0.05, 0.1) is 16.7 Å². The Morgan fingerprint density at radius 1 is 0.886 bits per heavy atom. The van der Waals surface area contributed by atoms with Gasteiger partial charge in [0.2, 0.25) is 0 Å². The summed E-state index contributed by atoms with van der Waals surface area (Å²) in [5.41, 5.74) is 3.19. The number of nitrogens with one attached hydrogen (secondary N) is 1. The van der Waals surface area contributed by atoms with Crippen LogP contribution in [0.5, 0.6) is 0 Å². The molecule has 174 valence electrons. The Bertz CT molecular complexity index is 1490. The van der Waals surface area contributed by atoms with Crippen LogP contribution in [0.4, 0.5) is 5.69 Å². The lowest BCUT2D eigenvalue weighted by Crippen LogP contribution is -2.24. The van der Waals surface area contributed by atoms with Crippen LogP contribution in [0.1, 0.15) is 36.6 Å². The molecule has 1 aliphatic heterocycles. The van der Waals surface area contributed by atoms with Gasteiger partial charge in [-0.1, -0.05) is 48.5 Å². The van der Waals surface area contributed by atoms with Gasteiger partial charge in [-0.3, -0.25) is 19.3 Å². The minimum atomic E-state index is -0.612. The zero-order valence-electron chi connectivity index (χ0n) is 18.9. The van der Waals surface area contributed by atoms with Crippen molar-refractivity contribution in [1.29, 1.82) is 0 Å². The highest BCUT2D eigenvalue weighted by molar-refractivity contribution is 6.21. The molecule has 8 heteroatoms. The first-order valence-corrected chi connectivity index (χ1v) is 11.0. The fourth-order valence-corrected chi connectivity index (χ4v) is 4.17. The summed E-state index contributed by atoms with van der Waals surface area (Å²) < 4.78 is 7.26. The van der Waals surface area contributed by atoms with Gasteiger partial charge in [0, 0.05) is 36.4 Å². The molecular formula is C27H21N3O5. The van der Waals surface area contributed by atoms with E-state index in [9.17, 15) is 19.2 Å². The minimum Gasteiger partial charge on any atom is -0.452 e. The lowest BCUT2D eigenvalue weighted by molar-refractivity contribution is -0.119. The number of esters is 1. The first-order chi connectivity index (χ1) is 16.9. The third-order valence-corrected chi connectivity index (χ3v) is 5.91. The third-order valence-electron chi connectivity index (χ3n) is 5.91. The highest BCUT2D eigenvalue weighted by atomic mass is 16.5. The van der Waals surface area contributed by atoms with E-state index in [1.54, 1.807) is 6.20 Å². The first-order valence-electron chi connectivity index (χ1n) is 11.0. The normalized spacial score (nSPS) is 12.7. The van der Waals surface area contributed by atoms with Gasteiger partial charge in [-0.15, -0.1) is 0 Å². The molecule has 3 amide bonds. The number of carbonyl (C=O) groups excluding carboxylic acids is 4. The molecule has 0 radical (unpaired) electrons. The van der Waals surface area contributed by atoms with Gasteiger partial charge in [-0.2, -0.15) is 0 Å². The van der Waals surface area contributed by atoms with Crippen LogP contribution in [0.2, 0.25) is 0 Å². The van der Waals surface area contributed by atoms with E-state index < -0.39 is 24.4 Å². The van der Waals surface area contributed by atoms with Crippen molar-refractivity contribution in [2.75, 3.05) is 19.0 Å². The van der Waals surface area contributed by atoms with Gasteiger partial charge in [0.25, 0.3) is 17.7 Å². The predicted octanol–water partition coefficient (Wildman–Crippen LogP) is 3.71. The van der Waals surface area contributed by atoms with E-state index in [0.717, 1.165) is 21.4 Å². The zero-order chi connectivity index (χ0) is 24.5. The van der Waals surface area contributed by atoms with Crippen molar-refractivity contribution < 1.29 is 23.9 Å². The SMILES string of the molecule is CN1C(=O)c2ccc(NC(=O)COC(=O)c3cn(Cc4ccccc4)c4ccccc34)cc2C1=O. The molecule has 0 saturated carbocycles. The molecule has 0 bridgehead atoms. The van der Waals surface area contributed by atoms with Crippen molar-refractivity contribution in [1.82, 2.24) is 9.47 Å². The van der Waals surface area contributed by atoms with Crippen molar-refractivity contribution in [2.45, 2.75) is 6.54 Å². The summed E-state index contributed by atoms with van der Waals surface area (Å²) in [4.78, 5) is 50.5. The van der Waals surface area contributed by atoms with E-state index in [1.165, 1.54) is 25.2 Å². The largest absolute Gasteiger partial charge is 0.452 e. The number of ether oxygens (including phenoxy) is 1. The molecule has 5 rings (SSSR count). The average molecular weight is 467 g/mol. The summed E-state index contributed by atoms with van der Waals surface area (Å²) in [5.74, 6) is -1.99. The van der Waals surface area contributed by atoms with E-state index >= 15 is 0 Å². The molecule has 2 heterocycles. The van der Waals surface area contributed by atoms with Gasteiger partial charge in [0.15, 0.2) is 6.61 Å². The number of hydrogen-bond donors (Lipinski definition) is 1. The van der Waals surface area contributed by atoms with Gasteiger partial charge >= 0.3 is 5.97 Å². The summed E-state index contributed by atoms with van der Waals surface area (Å²) in [7, 11) is 1.40. The van der Waals surface area contributed by atoms with Crippen LogP contribution in [0.25, 0.3) is 10.9 Å². The van der Waals surface area contributed by atoms with E-state index in [-0.39, 0.29) is 17.0 Å². The molecule has 0 atom stereocenters. The highest BCUT2D eigenvalue weighted by Gasteiger charge is 2.32. The number of anilines is 1. The summed E-state index contributed by atoms with van der Waals surface area (Å²) >= 11 is 0. The maximum Gasteiger partial charge on any atom is 0.340 e. The smallest absolute Gasteiger partial charge is 0.340 e. The Morgan fingerprint density at radius 2 is 1.60 bits per heavy atom. The van der Waals surface area contributed by atoms with Crippen LogP contribution in [-0.4, -0.2) is 46.8 Å². The van der Waals surface area contributed by atoms with Crippen LogP contribution in [0.15, 0.2) is 79.0 Å². The Morgan fingerprint density at radius 3 is 2.40 bits per heavy atom. The highest BCUT2D eigenvalue weighted by Crippen LogP contribution is 2.25. The topological polar surface area (TPSA) is 97.7 Å². The molecule has 0 fully saturated rings. The molecule has 0 unspecified atom stereocenters. The standard InChI is InChI=1S/C27H21N3O5/c1-29-25(32)20-12-11-18(13-21(20)26(29)33)28-24(31)16-35-27(34)22-15-30(14-17-7-3-2-4-8-17)23-10-6-5-9-19(22)23/h2-13,15H,14,16H2,1H3,(H,28,31). The maximum atomic E-state index is 12.8. The number of imide groups is 1. The maximum absolute atomic E-state index is 12.8. The van der Waals surface area contributed by atoms with Crippen LogP contribution in [0, 0.1) is 0 Å². The molecule has 0 saturated heterocycles. The number of amides is 3. The lowest BCUT2D eigenvalue weighted by Gasteiger charge is -2.07. The lowest BCUT2D eigenvalue weighted by atomic mass is 10.1. The Hall–Kier alpha value is -4.72. The second kappa shape index (κ2) is 8.90. The number of benzene rings is 3. The summed E-state index contributed by atoms with van der Waals surface area (Å²) in [6, 6.07) is 21.9. The number of rotatable bonds is 6. The minimum absolute atomic E-state index is 0.221. The van der Waals surface area contributed by atoms with Crippen LogP contribution in [-0.2, 0) is 16.1 Å². The third kappa shape index (κ3) is 4.17. The number of hydrogen-bond acceptors (Lipinski definition) is 5. The van der Waals surface area contributed by atoms with Crippen molar-refractivity contribution >= 4 is 40.3 Å². The van der Waals surface area contributed by atoms with Gasteiger partial charge < -0.3 is 14.6 Å². The molecule has 1 aromatic heterocycles. The molecule has 8 nitrogen and oxygen atoms in total. The molecule has 1 aliphatic rings. The molecule has 0 aliphatic carbocycles. The molecule has 4 aromatic rings. The summed E-state index contributed by atoms with van der Waals surface area (Å²) in [6.45, 7) is 0.0880. The van der Waals surface area contributed by atoms with Crippen molar-refractivity contribution in [3.05, 3.63) is 101 Å². The monoisotopic (exact) mass is 467 g/mol. The number of carbonyl (C=O) groups is 4. The fraction of sp³-hybridized carbons (Fsp3) is 0.111. The fourth-order valence-electron chi connectivity index (χ4n) is 4.17. The number of para-hydroxylation sites is 1. The van der Waals surface area contributed by atoms with Crippen molar-refractivity contribution in [2.24, 2.45) is 0 Å². The molecule has 3 aromatic carbocycles. The van der Waals surface area contributed by atoms with Gasteiger partial charge in [-0.05, 0) is 29.8 Å². The number of nitrogens with zero attached hydrogens (tertiary/aromatic N) is 2. The second-order valence-electron chi connectivity index (χ2n) is 8.23. The number of fused-ring (bicyclic) bond motifs is 2. The molecular weight excluding hydrogens is 446 g/mol. The Kier molecular flexibility index (Phi) is 5.62. The Balaban J connectivity index is 1.28. The molecule has 1 N–H and O–H groups in total.